The fourth-order valence-electron chi connectivity index (χ4n) is 1.32. The molecule has 0 spiro atoms. The summed E-state index contributed by atoms with van der Waals surface area (Å²) in [6.07, 6.45) is -0.688. The molecule has 0 aliphatic rings. The van der Waals surface area contributed by atoms with E-state index in [0.29, 0.717) is 11.0 Å². The molecule has 0 heterocycles. The Kier molecular flexibility index (Phi) is 10.3. The van der Waals surface area contributed by atoms with Gasteiger partial charge in [0.2, 0.25) is 0 Å². The van der Waals surface area contributed by atoms with E-state index in [1.807, 2.05) is 21.1 Å². The summed E-state index contributed by atoms with van der Waals surface area (Å²) in [5.74, 6) is -1.01. The highest BCUT2D eigenvalue weighted by atomic mass is 31.2. The summed E-state index contributed by atoms with van der Waals surface area (Å²) in [5.41, 5.74) is 0. The van der Waals surface area contributed by atoms with Crippen LogP contribution in [-0.4, -0.2) is 74.9 Å². The van der Waals surface area contributed by atoms with E-state index < -0.39 is 32.5 Å². The maximum absolute atomic E-state index is 11.8. The van der Waals surface area contributed by atoms with Crippen molar-refractivity contribution >= 4 is 19.8 Å². The second kappa shape index (κ2) is 10.8. The van der Waals surface area contributed by atoms with Crippen molar-refractivity contribution in [1.82, 2.24) is 0 Å². The molecule has 1 N–H and O–H groups in total. The third-order valence-electron chi connectivity index (χ3n) is 2.75. The number of hydrogen-bond acceptors (Lipinski definition) is 7. The third-order valence-corrected chi connectivity index (χ3v) is 3.73. The smallest absolute Gasteiger partial charge is 0.462 e. The van der Waals surface area contributed by atoms with Crippen LogP contribution in [0.15, 0.2) is 0 Å². The van der Waals surface area contributed by atoms with Gasteiger partial charge >= 0.3 is 19.8 Å². The average molecular weight is 370 g/mol. The van der Waals surface area contributed by atoms with E-state index in [9.17, 15) is 19.0 Å². The van der Waals surface area contributed by atoms with Crippen LogP contribution in [0.4, 0.5) is 0 Å². The Bertz CT molecular complexity index is 449. The second-order valence-electron chi connectivity index (χ2n) is 6.11. The van der Waals surface area contributed by atoms with E-state index in [-0.39, 0.29) is 26.1 Å². The molecule has 1 unspecified atom stereocenters. The van der Waals surface area contributed by atoms with Crippen molar-refractivity contribution in [3.8, 4) is 0 Å². The molecule has 0 aromatic rings. The summed E-state index contributed by atoms with van der Waals surface area (Å²) >= 11 is 0. The number of carbonyl (C=O) groups is 2. The Morgan fingerprint density at radius 2 is 1.62 bits per heavy atom. The number of carbonyl (C=O) groups excluding carboxylic acids is 2. The molecule has 0 amide bonds. The maximum atomic E-state index is 11.8. The summed E-state index contributed by atoms with van der Waals surface area (Å²) in [6, 6.07) is 0. The van der Waals surface area contributed by atoms with Gasteiger partial charge in [0.25, 0.3) is 0 Å². The van der Waals surface area contributed by atoms with Gasteiger partial charge in [0.15, 0.2) is 6.10 Å². The predicted molar refractivity (Wildman–Crippen MR) is 86.0 cm³/mol. The summed E-state index contributed by atoms with van der Waals surface area (Å²) < 4.78 is 32.0. The molecular weight excluding hydrogens is 341 g/mol. The molecule has 0 aromatic carbocycles. The molecule has 10 heteroatoms. The standard InChI is InChI=1S/C14H28NO8P/c1-6-13(16)20-10-12(23-14(17)7-2)11-22-24(18,19)21-9-8-15(3,4)5/h12H,6-11H2,1-5H3/p+1/t12-/m1/s1. The van der Waals surface area contributed by atoms with Gasteiger partial charge in [-0.3, -0.25) is 18.6 Å². The van der Waals surface area contributed by atoms with Crippen LogP contribution in [0.3, 0.4) is 0 Å². The van der Waals surface area contributed by atoms with Crippen LogP contribution >= 0.6 is 7.82 Å². The van der Waals surface area contributed by atoms with Crippen molar-refractivity contribution in [1.29, 1.82) is 0 Å². The van der Waals surface area contributed by atoms with E-state index >= 15 is 0 Å². The van der Waals surface area contributed by atoms with Crippen LogP contribution in [0.1, 0.15) is 26.7 Å². The lowest BCUT2D eigenvalue weighted by molar-refractivity contribution is -0.870. The fourth-order valence-corrected chi connectivity index (χ4v) is 2.06. The molecule has 2 atom stereocenters. The quantitative estimate of drug-likeness (QED) is 0.309. The Labute approximate surface area is 143 Å². The minimum atomic E-state index is -4.28. The van der Waals surface area contributed by atoms with Gasteiger partial charge in [0.1, 0.15) is 19.8 Å². The molecule has 9 nitrogen and oxygen atoms in total. The molecule has 0 bridgehead atoms. The summed E-state index contributed by atoms with van der Waals surface area (Å²) in [5, 5.41) is 0. The Morgan fingerprint density at radius 1 is 1.04 bits per heavy atom. The lowest BCUT2D eigenvalue weighted by Gasteiger charge is -2.24. The SMILES string of the molecule is CCC(=O)OC[C@H](COP(=O)(O)OCC[N+](C)(C)C)OC(=O)CC. The molecule has 24 heavy (non-hydrogen) atoms. The van der Waals surface area contributed by atoms with Crippen LogP contribution < -0.4 is 0 Å². The van der Waals surface area contributed by atoms with Crippen molar-refractivity contribution in [3.63, 3.8) is 0 Å². The first-order valence-electron chi connectivity index (χ1n) is 7.76. The second-order valence-corrected chi connectivity index (χ2v) is 7.57. The Morgan fingerprint density at radius 3 is 2.12 bits per heavy atom. The largest absolute Gasteiger partial charge is 0.472 e. The van der Waals surface area contributed by atoms with E-state index in [1.54, 1.807) is 13.8 Å². The number of phosphoric acid groups is 1. The van der Waals surface area contributed by atoms with Gasteiger partial charge in [-0.1, -0.05) is 13.8 Å². The van der Waals surface area contributed by atoms with E-state index in [4.69, 9.17) is 18.5 Å². The zero-order valence-electron chi connectivity index (χ0n) is 15.0. The lowest BCUT2D eigenvalue weighted by atomic mass is 10.4. The van der Waals surface area contributed by atoms with Crippen LogP contribution in [0.25, 0.3) is 0 Å². The monoisotopic (exact) mass is 370 g/mol. The first-order chi connectivity index (χ1) is 11.0. The van der Waals surface area contributed by atoms with E-state index in [2.05, 4.69) is 0 Å². The Balaban J connectivity index is 4.46. The molecule has 0 saturated heterocycles. The number of phosphoric ester groups is 1. The molecule has 0 aliphatic heterocycles. The third kappa shape index (κ3) is 12.4. The minimum absolute atomic E-state index is 0.0293. The van der Waals surface area contributed by atoms with Crippen molar-refractivity contribution in [2.75, 3.05) is 47.5 Å². The highest BCUT2D eigenvalue weighted by Crippen LogP contribution is 2.43. The van der Waals surface area contributed by atoms with Crippen molar-refractivity contribution in [2.24, 2.45) is 0 Å². The predicted octanol–water partition coefficient (Wildman–Crippen LogP) is 1.10. The van der Waals surface area contributed by atoms with Gasteiger partial charge in [-0.2, -0.15) is 0 Å². The molecule has 0 aliphatic carbocycles. The van der Waals surface area contributed by atoms with E-state index in [0.717, 1.165) is 0 Å². The highest BCUT2D eigenvalue weighted by molar-refractivity contribution is 7.47. The summed E-state index contributed by atoms with van der Waals surface area (Å²) in [6.45, 7) is 3.09. The van der Waals surface area contributed by atoms with Crippen molar-refractivity contribution < 1.29 is 42.1 Å². The molecule has 142 valence electrons. The lowest BCUT2D eigenvalue weighted by Crippen LogP contribution is -2.37. The zero-order valence-corrected chi connectivity index (χ0v) is 15.9. The molecule has 0 saturated carbocycles. The van der Waals surface area contributed by atoms with Gasteiger partial charge in [-0.05, 0) is 0 Å². The van der Waals surface area contributed by atoms with Crippen LogP contribution in [-0.2, 0) is 32.7 Å². The van der Waals surface area contributed by atoms with Gasteiger partial charge in [0.05, 0.1) is 27.7 Å². The van der Waals surface area contributed by atoms with Crippen LogP contribution in [0.5, 0.6) is 0 Å². The number of hydrogen-bond donors (Lipinski definition) is 1. The molecular formula is C14H29NO8P+. The number of quaternary nitrogens is 1. The Hall–Kier alpha value is -0.990. The zero-order chi connectivity index (χ0) is 18.8. The molecule has 0 fully saturated rings. The number of ether oxygens (including phenoxy) is 2. The molecule has 0 rings (SSSR count). The number of esters is 2. The highest BCUT2D eigenvalue weighted by Gasteiger charge is 2.26. The first-order valence-corrected chi connectivity index (χ1v) is 9.26. The fraction of sp³-hybridized carbons (Fsp3) is 0.857. The topological polar surface area (TPSA) is 108 Å². The van der Waals surface area contributed by atoms with Gasteiger partial charge in [-0.15, -0.1) is 0 Å². The summed E-state index contributed by atoms with van der Waals surface area (Å²) in [7, 11) is 1.45. The van der Waals surface area contributed by atoms with Gasteiger partial charge in [0, 0.05) is 12.8 Å². The van der Waals surface area contributed by atoms with E-state index in [1.165, 1.54) is 0 Å². The van der Waals surface area contributed by atoms with Crippen LogP contribution in [0, 0.1) is 0 Å². The van der Waals surface area contributed by atoms with Crippen molar-refractivity contribution in [3.05, 3.63) is 0 Å². The molecule has 0 aromatic heterocycles. The maximum Gasteiger partial charge on any atom is 0.472 e. The number of rotatable bonds is 12. The normalized spacial score (nSPS) is 15.4. The summed E-state index contributed by atoms with van der Waals surface area (Å²) in [4.78, 5) is 32.2. The average Bonchev–Trinajstić information content (AvgIpc) is 2.47. The molecule has 0 radical (unpaired) electrons. The van der Waals surface area contributed by atoms with Crippen LogP contribution in [0.2, 0.25) is 0 Å². The number of nitrogens with zero attached hydrogens (tertiary/aromatic N) is 1. The first kappa shape index (κ1) is 23.0. The van der Waals surface area contributed by atoms with Crippen molar-refractivity contribution in [2.45, 2.75) is 32.8 Å². The van der Waals surface area contributed by atoms with Gasteiger partial charge in [-0.25, -0.2) is 4.57 Å². The van der Waals surface area contributed by atoms with Gasteiger partial charge < -0.3 is 18.9 Å². The number of likely N-dealkylation sites (N-methyl/N-ethyl adjacent to an activating group) is 1. The minimum Gasteiger partial charge on any atom is -0.462 e.